The Labute approximate surface area is 184 Å². The number of nitrogen functional groups attached to an aromatic ring is 1. The Kier molecular flexibility index (Phi) is 10.5. The Bertz CT molecular complexity index is 960. The quantitative estimate of drug-likeness (QED) is 0.300. The highest BCUT2D eigenvalue weighted by molar-refractivity contribution is 7.97. The van der Waals surface area contributed by atoms with Crippen LogP contribution in [0.25, 0.3) is 0 Å². The van der Waals surface area contributed by atoms with Gasteiger partial charge in [0.2, 0.25) is 0 Å². The number of anilines is 2. The number of aromatic carboxylic acids is 2. The maximum atomic E-state index is 10.5. The molecule has 3 aromatic carbocycles. The van der Waals surface area contributed by atoms with Crippen molar-refractivity contribution < 1.29 is 24.9 Å². The molecule has 0 aliphatic carbocycles. The van der Waals surface area contributed by atoms with Crippen molar-refractivity contribution in [2.45, 2.75) is 4.90 Å². The van der Waals surface area contributed by atoms with Crippen LogP contribution in [0.2, 0.25) is 0 Å². The Morgan fingerprint density at radius 2 is 1.19 bits per heavy atom. The highest BCUT2D eigenvalue weighted by Gasteiger charge is 2.01. The number of benzene rings is 3. The zero-order valence-corrected chi connectivity index (χ0v) is 17.9. The van der Waals surface area contributed by atoms with Crippen LogP contribution in [0.15, 0.2) is 77.7 Å². The second-order valence-electron chi connectivity index (χ2n) is 6.29. The number of carboxylic acid groups (broad SMARTS) is 2. The highest BCUT2D eigenvalue weighted by Crippen LogP contribution is 2.15. The summed E-state index contributed by atoms with van der Waals surface area (Å²) in [6, 6.07) is 19.6. The van der Waals surface area contributed by atoms with Crippen molar-refractivity contribution in [2.24, 2.45) is 5.14 Å². The second-order valence-corrected chi connectivity index (χ2v) is 6.99. The van der Waals surface area contributed by atoms with Crippen LogP contribution < -0.4 is 15.8 Å². The van der Waals surface area contributed by atoms with Gasteiger partial charge in [0.25, 0.3) is 0 Å². The third-order valence-electron chi connectivity index (χ3n) is 3.76. The minimum atomic E-state index is -0.931. The number of nitrogens with two attached hydrogens (primary N) is 2. The van der Waals surface area contributed by atoms with Crippen LogP contribution in [0.4, 0.5) is 11.4 Å². The summed E-state index contributed by atoms with van der Waals surface area (Å²) < 4.78 is 0. The predicted molar refractivity (Wildman–Crippen MR) is 124 cm³/mol. The van der Waals surface area contributed by atoms with Crippen LogP contribution in [-0.4, -0.2) is 41.4 Å². The number of nitrogens with zero attached hydrogens (tertiary/aromatic N) is 1. The lowest BCUT2D eigenvalue weighted by Gasteiger charge is -2.11. The Morgan fingerprint density at radius 1 is 0.774 bits per heavy atom. The first-order chi connectivity index (χ1) is 14.6. The van der Waals surface area contributed by atoms with Gasteiger partial charge in [-0.25, -0.2) is 9.59 Å². The highest BCUT2D eigenvalue weighted by atomic mass is 32.2. The molecule has 0 fully saturated rings. The number of phenols is 1. The third kappa shape index (κ3) is 9.57. The minimum absolute atomic E-state index is 0.259. The van der Waals surface area contributed by atoms with E-state index in [1.165, 1.54) is 24.1 Å². The van der Waals surface area contributed by atoms with Gasteiger partial charge in [0.1, 0.15) is 5.75 Å². The number of rotatable bonds is 4. The second kappa shape index (κ2) is 12.8. The maximum Gasteiger partial charge on any atom is 0.335 e. The van der Waals surface area contributed by atoms with E-state index in [4.69, 9.17) is 26.2 Å². The maximum absolute atomic E-state index is 10.5. The molecule has 0 unspecified atom stereocenters. The molecule has 0 aliphatic rings. The molecular weight excluding hydrogens is 418 g/mol. The molecule has 0 spiro atoms. The Hall–Kier alpha value is -3.69. The lowest BCUT2D eigenvalue weighted by Crippen LogP contribution is -2.08. The molecule has 0 amide bonds. The fraction of sp³-hybridized carbons (Fsp3) is 0.0909. The number of hydrogen-bond donors (Lipinski definition) is 5. The fourth-order valence-corrected chi connectivity index (χ4v) is 2.35. The van der Waals surface area contributed by atoms with Crippen molar-refractivity contribution in [1.82, 2.24) is 0 Å². The van der Waals surface area contributed by atoms with E-state index in [0.717, 1.165) is 10.6 Å². The third-order valence-corrected chi connectivity index (χ3v) is 4.31. The molecule has 0 bridgehead atoms. The van der Waals surface area contributed by atoms with Gasteiger partial charge in [-0.05, 0) is 84.7 Å². The van der Waals surface area contributed by atoms with Crippen LogP contribution in [0.5, 0.6) is 5.75 Å². The predicted octanol–water partition coefficient (Wildman–Crippen LogP) is 3.78. The van der Waals surface area contributed by atoms with Gasteiger partial charge in [0, 0.05) is 30.4 Å². The number of hydrogen-bond acceptors (Lipinski definition) is 7. The molecule has 0 saturated heterocycles. The van der Waals surface area contributed by atoms with Gasteiger partial charge in [0.05, 0.1) is 11.1 Å². The van der Waals surface area contributed by atoms with E-state index in [2.05, 4.69) is 0 Å². The van der Waals surface area contributed by atoms with Crippen molar-refractivity contribution in [3.63, 3.8) is 0 Å². The van der Waals surface area contributed by atoms with Gasteiger partial charge in [-0.3, -0.25) is 5.14 Å². The van der Waals surface area contributed by atoms with Gasteiger partial charge in [-0.2, -0.15) is 0 Å². The van der Waals surface area contributed by atoms with Crippen LogP contribution in [-0.2, 0) is 0 Å². The van der Waals surface area contributed by atoms with E-state index in [1.807, 2.05) is 19.0 Å². The van der Waals surface area contributed by atoms with E-state index in [1.54, 1.807) is 60.7 Å². The smallest absolute Gasteiger partial charge is 0.335 e. The molecule has 9 heteroatoms. The number of aromatic hydroxyl groups is 1. The summed E-state index contributed by atoms with van der Waals surface area (Å²) in [5, 5.41) is 31.1. The number of carbonyl (C=O) groups is 2. The number of phenolic OH excluding ortho intramolecular Hbond substituents is 1. The SMILES string of the molecule is CN(C)c1ccc(C(=O)O)cc1.NSc1ccc(O)cc1.Nc1ccc(C(=O)O)cc1. The molecule has 31 heavy (non-hydrogen) atoms. The molecular formula is C22H25N3O5S. The lowest BCUT2D eigenvalue weighted by atomic mass is 10.2. The summed E-state index contributed by atoms with van der Waals surface area (Å²) in [4.78, 5) is 23.6. The Morgan fingerprint density at radius 3 is 1.55 bits per heavy atom. The van der Waals surface area contributed by atoms with Crippen molar-refractivity contribution >= 4 is 35.3 Å². The summed E-state index contributed by atoms with van der Waals surface area (Å²) in [5.74, 6) is -1.55. The number of carboxylic acids is 2. The first-order valence-corrected chi connectivity index (χ1v) is 9.77. The van der Waals surface area contributed by atoms with Gasteiger partial charge in [-0.1, -0.05) is 0 Å². The van der Waals surface area contributed by atoms with Crippen LogP contribution in [0.1, 0.15) is 20.7 Å². The molecule has 8 nitrogen and oxygen atoms in total. The zero-order chi connectivity index (χ0) is 23.4. The van der Waals surface area contributed by atoms with Gasteiger partial charge in [0.15, 0.2) is 0 Å². The first-order valence-electron chi connectivity index (χ1n) is 8.89. The monoisotopic (exact) mass is 443 g/mol. The van der Waals surface area contributed by atoms with Crippen molar-refractivity contribution in [3.05, 3.63) is 83.9 Å². The Balaban J connectivity index is 0.000000235. The molecule has 0 aliphatic heterocycles. The molecule has 7 N–H and O–H groups in total. The van der Waals surface area contributed by atoms with E-state index in [-0.39, 0.29) is 11.3 Å². The normalized spacial score (nSPS) is 9.39. The summed E-state index contributed by atoms with van der Waals surface area (Å²) >= 11 is 1.17. The largest absolute Gasteiger partial charge is 0.508 e. The average molecular weight is 444 g/mol. The van der Waals surface area contributed by atoms with Gasteiger partial charge < -0.3 is 26.0 Å². The molecule has 3 rings (SSSR count). The molecule has 0 aromatic heterocycles. The van der Waals surface area contributed by atoms with Crippen molar-refractivity contribution in [1.29, 1.82) is 0 Å². The first kappa shape index (κ1) is 25.3. The summed E-state index contributed by atoms with van der Waals surface area (Å²) in [6.45, 7) is 0. The topological polar surface area (TPSA) is 150 Å². The summed E-state index contributed by atoms with van der Waals surface area (Å²) in [5.41, 5.74) is 7.49. The minimum Gasteiger partial charge on any atom is -0.508 e. The molecule has 0 heterocycles. The summed E-state index contributed by atoms with van der Waals surface area (Å²) in [6.07, 6.45) is 0. The molecule has 164 valence electrons. The van der Waals surface area contributed by atoms with E-state index >= 15 is 0 Å². The van der Waals surface area contributed by atoms with Crippen molar-refractivity contribution in [3.8, 4) is 5.75 Å². The molecule has 3 aromatic rings. The molecule has 0 saturated carbocycles. The average Bonchev–Trinajstić information content (AvgIpc) is 2.75. The van der Waals surface area contributed by atoms with Crippen LogP contribution in [0.3, 0.4) is 0 Å². The van der Waals surface area contributed by atoms with Gasteiger partial charge >= 0.3 is 11.9 Å². The lowest BCUT2D eigenvalue weighted by molar-refractivity contribution is 0.0686. The van der Waals surface area contributed by atoms with E-state index < -0.39 is 11.9 Å². The van der Waals surface area contributed by atoms with Crippen LogP contribution >= 0.6 is 11.9 Å². The van der Waals surface area contributed by atoms with E-state index in [9.17, 15) is 9.59 Å². The zero-order valence-electron chi connectivity index (χ0n) is 17.1. The van der Waals surface area contributed by atoms with E-state index in [0.29, 0.717) is 11.3 Å². The molecule has 0 radical (unpaired) electrons. The summed E-state index contributed by atoms with van der Waals surface area (Å²) in [7, 11) is 3.82. The van der Waals surface area contributed by atoms with Gasteiger partial charge in [-0.15, -0.1) is 0 Å². The standard InChI is InChI=1S/C9H11NO2.C7H7NO2.C6H7NOS/c1-10(2)8-5-3-7(4-6-8)9(11)12;8-6-3-1-5(2-4-6)7(9)10;7-9-6-3-1-5(8)2-4-6/h3-6H,1-2H3,(H,11,12);1-4H,8H2,(H,9,10);1-4,8H,7H2. The fourth-order valence-electron chi connectivity index (χ4n) is 2.05. The van der Waals surface area contributed by atoms with Crippen molar-refractivity contribution in [2.75, 3.05) is 24.7 Å². The molecule has 0 atom stereocenters. The van der Waals surface area contributed by atoms with Crippen LogP contribution in [0, 0.1) is 0 Å².